The fourth-order valence-corrected chi connectivity index (χ4v) is 4.92. The Bertz CT molecular complexity index is 649. The maximum Gasteiger partial charge on any atom is 0.362 e. The van der Waals surface area contributed by atoms with Crippen LogP contribution in [0.15, 0.2) is 24.3 Å². The summed E-state index contributed by atoms with van der Waals surface area (Å²) in [6.07, 6.45) is 3.57. The molecule has 0 aliphatic heterocycles. The third-order valence-electron chi connectivity index (χ3n) is 7.21. The van der Waals surface area contributed by atoms with E-state index in [0.717, 1.165) is 12.1 Å². The molecule has 3 atom stereocenters. The maximum absolute atomic E-state index is 12.7. The lowest BCUT2D eigenvalue weighted by atomic mass is 9.70. The van der Waals surface area contributed by atoms with Gasteiger partial charge in [0.1, 0.15) is 11.8 Å². The van der Waals surface area contributed by atoms with Crippen LogP contribution in [0.5, 0.6) is 0 Å². The average Bonchev–Trinajstić information content (AvgIpc) is 2.80. The highest BCUT2D eigenvalue weighted by Gasteiger charge is 2.63. The van der Waals surface area contributed by atoms with Gasteiger partial charge in [0.2, 0.25) is 0 Å². The van der Waals surface area contributed by atoms with Crippen molar-refractivity contribution in [2.45, 2.75) is 53.1 Å². The SMILES string of the molecule is Cc1cccc([N+](C)(C)CC(=O)O[C@@H]2C[C@@H]3CC[C@@]2(C)C3(C)C)c1. The van der Waals surface area contributed by atoms with Crippen LogP contribution >= 0.6 is 0 Å². The number of rotatable bonds is 4. The topological polar surface area (TPSA) is 26.3 Å². The van der Waals surface area contributed by atoms with E-state index in [1.54, 1.807) is 0 Å². The third-order valence-corrected chi connectivity index (χ3v) is 7.21. The lowest BCUT2D eigenvalue weighted by Gasteiger charge is -2.38. The van der Waals surface area contributed by atoms with Gasteiger partial charge in [-0.3, -0.25) is 4.48 Å². The second-order valence-electron chi connectivity index (χ2n) is 9.27. The number of esters is 1. The maximum atomic E-state index is 12.7. The lowest BCUT2D eigenvalue weighted by molar-refractivity contribution is -0.157. The molecule has 0 amide bonds. The standard InChI is InChI=1S/C21H32NO2/c1-15-8-7-9-17(12-15)22(5,6)14-19(23)24-18-13-16-10-11-21(18,4)20(16,2)3/h7-9,12,16,18H,10-11,13-14H2,1-6H3/q+1/t16-,18+,21+/m0/s1. The number of hydrogen-bond acceptors (Lipinski definition) is 2. The lowest BCUT2D eigenvalue weighted by Crippen LogP contribution is -2.47. The van der Waals surface area contributed by atoms with Crippen LogP contribution in [-0.2, 0) is 9.53 Å². The van der Waals surface area contributed by atoms with Crippen LogP contribution in [0.3, 0.4) is 0 Å². The Labute approximate surface area is 146 Å². The van der Waals surface area contributed by atoms with Gasteiger partial charge in [-0.1, -0.05) is 32.9 Å². The van der Waals surface area contributed by atoms with Gasteiger partial charge in [-0.05, 0) is 49.1 Å². The molecular formula is C21H32NO2+. The number of carbonyl (C=O) groups is 1. The first-order valence-electron chi connectivity index (χ1n) is 9.16. The number of likely N-dealkylation sites (N-methyl/N-ethyl adjacent to an activating group) is 1. The van der Waals surface area contributed by atoms with Crippen LogP contribution in [0, 0.1) is 23.7 Å². The second-order valence-corrected chi connectivity index (χ2v) is 9.27. The Hall–Kier alpha value is -1.35. The van der Waals surface area contributed by atoms with Crippen LogP contribution in [0.4, 0.5) is 5.69 Å². The largest absolute Gasteiger partial charge is 0.458 e. The quantitative estimate of drug-likeness (QED) is 0.607. The molecule has 0 N–H and O–H groups in total. The summed E-state index contributed by atoms with van der Waals surface area (Å²) < 4.78 is 6.54. The van der Waals surface area contributed by atoms with Gasteiger partial charge in [0.15, 0.2) is 6.54 Å². The molecule has 3 heteroatoms. The molecule has 0 spiro atoms. The zero-order valence-corrected chi connectivity index (χ0v) is 16.1. The molecule has 0 radical (unpaired) electrons. The number of fused-ring (bicyclic) bond motifs is 2. The zero-order valence-electron chi connectivity index (χ0n) is 16.1. The van der Waals surface area contributed by atoms with Crippen molar-refractivity contribution in [3.63, 3.8) is 0 Å². The molecule has 0 saturated heterocycles. The van der Waals surface area contributed by atoms with E-state index in [-0.39, 0.29) is 22.9 Å². The van der Waals surface area contributed by atoms with Crippen LogP contribution in [0.25, 0.3) is 0 Å². The van der Waals surface area contributed by atoms with E-state index in [1.807, 2.05) is 0 Å². The summed E-state index contributed by atoms with van der Waals surface area (Å²) in [5.74, 6) is 0.621. The van der Waals surface area contributed by atoms with E-state index >= 15 is 0 Å². The summed E-state index contributed by atoms with van der Waals surface area (Å²) in [5, 5.41) is 0. The number of nitrogens with zero attached hydrogens (tertiary/aromatic N) is 1. The van der Waals surface area contributed by atoms with E-state index in [9.17, 15) is 4.79 Å². The van der Waals surface area contributed by atoms with Gasteiger partial charge in [0, 0.05) is 11.5 Å². The van der Waals surface area contributed by atoms with Crippen molar-refractivity contribution in [1.29, 1.82) is 0 Å². The van der Waals surface area contributed by atoms with Crippen LogP contribution in [-0.4, -0.2) is 32.7 Å². The first-order valence-corrected chi connectivity index (χ1v) is 9.16. The Morgan fingerprint density at radius 2 is 2.00 bits per heavy atom. The number of carbonyl (C=O) groups excluding carboxylic acids is 1. The van der Waals surface area contributed by atoms with Crippen molar-refractivity contribution in [3.8, 4) is 0 Å². The fraction of sp³-hybridized carbons (Fsp3) is 0.667. The van der Waals surface area contributed by atoms with Gasteiger partial charge in [-0.15, -0.1) is 0 Å². The molecule has 2 fully saturated rings. The summed E-state index contributed by atoms with van der Waals surface area (Å²) in [6.45, 7) is 9.48. The normalized spacial score (nSPS) is 31.2. The molecule has 2 bridgehead atoms. The molecule has 132 valence electrons. The van der Waals surface area contributed by atoms with Gasteiger partial charge in [0.05, 0.1) is 14.1 Å². The summed E-state index contributed by atoms with van der Waals surface area (Å²) in [5.41, 5.74) is 2.77. The average molecular weight is 330 g/mol. The van der Waals surface area contributed by atoms with E-state index in [1.165, 1.54) is 18.4 Å². The Morgan fingerprint density at radius 1 is 1.29 bits per heavy atom. The highest BCUT2D eigenvalue weighted by molar-refractivity contribution is 5.74. The molecule has 2 saturated carbocycles. The van der Waals surface area contributed by atoms with E-state index in [4.69, 9.17) is 4.74 Å². The summed E-state index contributed by atoms with van der Waals surface area (Å²) >= 11 is 0. The van der Waals surface area contributed by atoms with Crippen molar-refractivity contribution in [2.75, 3.05) is 20.6 Å². The molecule has 1 aromatic rings. The first kappa shape index (κ1) is 17.5. The van der Waals surface area contributed by atoms with Crippen LogP contribution in [0.2, 0.25) is 0 Å². The molecule has 3 rings (SSSR count). The first-order chi connectivity index (χ1) is 11.1. The number of aryl methyl sites for hydroxylation is 1. The summed E-state index contributed by atoms with van der Waals surface area (Å²) in [7, 11) is 4.14. The van der Waals surface area contributed by atoms with Crippen molar-refractivity contribution in [3.05, 3.63) is 29.8 Å². The molecule has 1 aromatic carbocycles. The smallest absolute Gasteiger partial charge is 0.362 e. The highest BCUT2D eigenvalue weighted by atomic mass is 16.5. The van der Waals surface area contributed by atoms with Crippen molar-refractivity contribution < 1.29 is 9.53 Å². The van der Waals surface area contributed by atoms with Gasteiger partial charge < -0.3 is 4.74 Å². The van der Waals surface area contributed by atoms with Gasteiger partial charge >= 0.3 is 5.97 Å². The number of benzene rings is 1. The number of ether oxygens (including phenoxy) is 1. The van der Waals surface area contributed by atoms with Gasteiger partial charge in [-0.25, -0.2) is 4.79 Å². The Kier molecular flexibility index (Phi) is 4.07. The van der Waals surface area contributed by atoms with Crippen molar-refractivity contribution in [2.24, 2.45) is 16.7 Å². The molecule has 2 aliphatic rings. The van der Waals surface area contributed by atoms with E-state index in [2.05, 4.69) is 66.1 Å². The van der Waals surface area contributed by atoms with E-state index < -0.39 is 0 Å². The molecule has 0 aromatic heterocycles. The van der Waals surface area contributed by atoms with Gasteiger partial charge in [0.25, 0.3) is 0 Å². The number of quaternary nitrogens is 1. The molecule has 3 nitrogen and oxygen atoms in total. The Balaban J connectivity index is 1.68. The van der Waals surface area contributed by atoms with Crippen molar-refractivity contribution in [1.82, 2.24) is 4.48 Å². The summed E-state index contributed by atoms with van der Waals surface area (Å²) in [4.78, 5) is 12.7. The minimum atomic E-state index is -0.0731. The molecule has 0 heterocycles. The molecular weight excluding hydrogens is 298 g/mol. The van der Waals surface area contributed by atoms with Crippen LogP contribution in [0.1, 0.15) is 45.6 Å². The van der Waals surface area contributed by atoms with E-state index in [0.29, 0.717) is 16.9 Å². The second kappa shape index (κ2) is 5.59. The minimum Gasteiger partial charge on any atom is -0.458 e. The highest BCUT2D eigenvalue weighted by Crippen LogP contribution is 2.66. The molecule has 2 aliphatic carbocycles. The number of hydrogen-bond donors (Lipinski definition) is 0. The summed E-state index contributed by atoms with van der Waals surface area (Å²) in [6, 6.07) is 8.37. The predicted octanol–water partition coefficient (Wildman–Crippen LogP) is 4.32. The Morgan fingerprint density at radius 3 is 2.54 bits per heavy atom. The van der Waals surface area contributed by atoms with Crippen LogP contribution < -0.4 is 4.48 Å². The third kappa shape index (κ3) is 2.67. The van der Waals surface area contributed by atoms with Gasteiger partial charge in [-0.2, -0.15) is 0 Å². The monoisotopic (exact) mass is 330 g/mol. The predicted molar refractivity (Wildman–Crippen MR) is 98.8 cm³/mol. The molecule has 24 heavy (non-hydrogen) atoms. The molecule has 0 unspecified atom stereocenters. The fourth-order valence-electron chi connectivity index (χ4n) is 4.92. The minimum absolute atomic E-state index is 0.0731. The van der Waals surface area contributed by atoms with Crippen molar-refractivity contribution >= 4 is 11.7 Å². The zero-order chi connectivity index (χ0) is 17.8.